The predicted molar refractivity (Wildman–Crippen MR) is 136 cm³/mol. The Morgan fingerprint density at radius 1 is 1.18 bits per heavy atom. The largest absolute Gasteiger partial charge is 0.379 e. The molecular formula is C26H38N4O3S. The van der Waals surface area contributed by atoms with E-state index in [2.05, 4.69) is 27.8 Å². The first-order valence-corrected chi connectivity index (χ1v) is 13.9. The second kappa shape index (κ2) is 9.99. The highest BCUT2D eigenvalue weighted by Crippen LogP contribution is 2.36. The van der Waals surface area contributed by atoms with Crippen LogP contribution in [0.5, 0.6) is 0 Å². The molecule has 2 aromatic heterocycles. The molecule has 1 N–H and O–H groups in total. The summed E-state index contributed by atoms with van der Waals surface area (Å²) in [5.41, 5.74) is 0.917. The van der Waals surface area contributed by atoms with Crippen molar-refractivity contribution in [2.24, 2.45) is 0 Å². The molecule has 3 aliphatic rings. The summed E-state index contributed by atoms with van der Waals surface area (Å²) in [6.45, 7) is 9.56. The van der Waals surface area contributed by atoms with E-state index in [1.165, 1.54) is 24.1 Å². The summed E-state index contributed by atoms with van der Waals surface area (Å²) < 4.78 is 8.71. The van der Waals surface area contributed by atoms with Gasteiger partial charge in [-0.25, -0.2) is 0 Å². The van der Waals surface area contributed by atoms with Crippen molar-refractivity contribution in [3.63, 3.8) is 0 Å². The summed E-state index contributed by atoms with van der Waals surface area (Å²) in [6.07, 6.45) is 7.50. The average molecular weight is 487 g/mol. The lowest BCUT2D eigenvalue weighted by Crippen LogP contribution is -2.65. The minimum Gasteiger partial charge on any atom is -0.379 e. The Morgan fingerprint density at radius 3 is 2.68 bits per heavy atom. The van der Waals surface area contributed by atoms with E-state index in [0.717, 1.165) is 74.4 Å². The van der Waals surface area contributed by atoms with Crippen LogP contribution in [0.3, 0.4) is 0 Å². The number of carbonyl (C=O) groups excluding carboxylic acids is 2. The molecule has 2 aromatic rings. The van der Waals surface area contributed by atoms with Crippen LogP contribution in [-0.2, 0) is 22.5 Å². The van der Waals surface area contributed by atoms with Crippen LogP contribution in [0, 0.1) is 0 Å². The van der Waals surface area contributed by atoms with Crippen LogP contribution >= 0.6 is 11.3 Å². The summed E-state index contributed by atoms with van der Waals surface area (Å²) in [5.74, 6) is -0.0199. The summed E-state index contributed by atoms with van der Waals surface area (Å²) in [7, 11) is 0. The van der Waals surface area contributed by atoms with Crippen molar-refractivity contribution < 1.29 is 14.3 Å². The van der Waals surface area contributed by atoms with Gasteiger partial charge in [0.2, 0.25) is 5.91 Å². The van der Waals surface area contributed by atoms with Gasteiger partial charge in [-0.1, -0.05) is 26.2 Å². The van der Waals surface area contributed by atoms with Gasteiger partial charge in [0.1, 0.15) is 11.2 Å². The van der Waals surface area contributed by atoms with E-state index in [0.29, 0.717) is 13.1 Å². The molecule has 0 spiro atoms. The highest BCUT2D eigenvalue weighted by Gasteiger charge is 2.48. The molecule has 5 rings (SSSR count). The number of nitrogens with one attached hydrogen (secondary N) is 1. The van der Waals surface area contributed by atoms with Gasteiger partial charge in [-0.15, -0.1) is 11.3 Å². The number of nitrogens with zero attached hydrogens (tertiary/aromatic N) is 3. The zero-order chi connectivity index (χ0) is 23.7. The fourth-order valence-corrected chi connectivity index (χ4v) is 6.82. The topological polar surface area (TPSA) is 66.8 Å². The highest BCUT2D eigenvalue weighted by atomic mass is 32.1. The third-order valence-electron chi connectivity index (χ3n) is 7.90. The Hall–Kier alpha value is -1.90. The first kappa shape index (κ1) is 23.8. The van der Waals surface area contributed by atoms with Crippen LogP contribution in [0.1, 0.15) is 67.7 Å². The van der Waals surface area contributed by atoms with Crippen molar-refractivity contribution >= 4 is 33.4 Å². The van der Waals surface area contributed by atoms with Gasteiger partial charge in [-0.2, -0.15) is 0 Å². The Balaban J connectivity index is 1.40. The van der Waals surface area contributed by atoms with Crippen molar-refractivity contribution in [2.75, 3.05) is 39.4 Å². The first-order chi connectivity index (χ1) is 16.5. The Bertz CT molecular complexity index is 1030. The van der Waals surface area contributed by atoms with E-state index in [-0.39, 0.29) is 17.9 Å². The molecule has 7 nitrogen and oxygen atoms in total. The molecule has 0 unspecified atom stereocenters. The second-order valence-electron chi connectivity index (χ2n) is 10.3. The van der Waals surface area contributed by atoms with Crippen molar-refractivity contribution in [3.8, 4) is 0 Å². The molecule has 8 heteroatoms. The highest BCUT2D eigenvalue weighted by molar-refractivity contribution is 7.19. The maximum absolute atomic E-state index is 13.8. The number of rotatable bonds is 7. The van der Waals surface area contributed by atoms with E-state index >= 15 is 0 Å². The first-order valence-electron chi connectivity index (χ1n) is 13.0. The van der Waals surface area contributed by atoms with E-state index in [1.54, 1.807) is 11.3 Å². The zero-order valence-electron chi connectivity index (χ0n) is 20.6. The van der Waals surface area contributed by atoms with Gasteiger partial charge in [0, 0.05) is 37.1 Å². The number of morpholine rings is 1. The van der Waals surface area contributed by atoms with Gasteiger partial charge in [0.15, 0.2) is 0 Å². The Labute approximate surface area is 206 Å². The normalized spacial score (nSPS) is 24.5. The van der Waals surface area contributed by atoms with E-state index in [9.17, 15) is 9.59 Å². The fourth-order valence-electron chi connectivity index (χ4n) is 5.78. The van der Waals surface area contributed by atoms with Crippen molar-refractivity contribution in [1.29, 1.82) is 0 Å². The number of fused-ring (bicyclic) bond motifs is 3. The van der Waals surface area contributed by atoms with Gasteiger partial charge in [0.25, 0.3) is 5.91 Å². The summed E-state index contributed by atoms with van der Waals surface area (Å²) in [4.78, 5) is 33.2. The number of aryl methyl sites for hydroxylation is 1. The lowest BCUT2D eigenvalue weighted by atomic mass is 9.91. The number of hydrogen-bond donors (Lipinski definition) is 1. The minimum atomic E-state index is -0.896. The van der Waals surface area contributed by atoms with E-state index in [4.69, 9.17) is 4.74 Å². The quantitative estimate of drug-likeness (QED) is 0.649. The van der Waals surface area contributed by atoms with Crippen molar-refractivity contribution in [2.45, 2.75) is 76.9 Å². The van der Waals surface area contributed by atoms with Crippen LogP contribution < -0.4 is 5.32 Å². The second-order valence-corrected chi connectivity index (χ2v) is 11.4. The number of aromatic nitrogens is 1. The van der Waals surface area contributed by atoms with Crippen molar-refractivity contribution in [3.05, 3.63) is 22.7 Å². The SMILES string of the molecule is CCc1cc2c(cc3n2C[C@@](C)(C(=O)NC2CCCCC2)N(CCCN2CCOCC2)C3=O)s1. The Kier molecular flexibility index (Phi) is 7.00. The lowest BCUT2D eigenvalue weighted by molar-refractivity contribution is -0.133. The van der Waals surface area contributed by atoms with Crippen LogP contribution in [-0.4, -0.2) is 77.2 Å². The maximum atomic E-state index is 13.8. The third kappa shape index (κ3) is 4.52. The number of ether oxygens (including phenoxy) is 1. The molecule has 0 radical (unpaired) electrons. The maximum Gasteiger partial charge on any atom is 0.271 e. The molecule has 0 aromatic carbocycles. The molecule has 186 valence electrons. The van der Waals surface area contributed by atoms with Crippen LogP contribution in [0.4, 0.5) is 0 Å². The molecule has 1 atom stereocenters. The monoisotopic (exact) mass is 486 g/mol. The van der Waals surface area contributed by atoms with E-state index in [1.807, 2.05) is 17.9 Å². The van der Waals surface area contributed by atoms with Crippen LogP contribution in [0.2, 0.25) is 0 Å². The molecule has 34 heavy (non-hydrogen) atoms. The summed E-state index contributed by atoms with van der Waals surface area (Å²) in [6, 6.07) is 4.46. The van der Waals surface area contributed by atoms with Crippen LogP contribution in [0.25, 0.3) is 10.2 Å². The summed E-state index contributed by atoms with van der Waals surface area (Å²) in [5, 5.41) is 3.34. The molecule has 2 amide bonds. The Morgan fingerprint density at radius 2 is 1.94 bits per heavy atom. The standard InChI is InChI=1S/C26H38N4O3S/c1-3-20-16-21-23(34-20)17-22-24(31)30(11-7-10-28-12-14-33-15-13-28)26(2,18-29(21)22)25(32)27-19-8-5-4-6-9-19/h16-17,19H,3-15,18H2,1-2H3,(H,27,32)/t26-/m0/s1. The number of carbonyl (C=O) groups is 2. The molecule has 1 aliphatic carbocycles. The molecule has 1 saturated heterocycles. The minimum absolute atomic E-state index is 0.00225. The third-order valence-corrected chi connectivity index (χ3v) is 9.12. The zero-order valence-corrected chi connectivity index (χ0v) is 21.4. The van der Waals surface area contributed by atoms with E-state index < -0.39 is 5.54 Å². The average Bonchev–Trinajstić information content (AvgIpc) is 3.41. The smallest absolute Gasteiger partial charge is 0.271 e. The number of thiophene rings is 1. The van der Waals surface area contributed by atoms with Crippen LogP contribution in [0.15, 0.2) is 12.1 Å². The fraction of sp³-hybridized carbons (Fsp3) is 0.692. The number of hydrogen-bond acceptors (Lipinski definition) is 5. The van der Waals surface area contributed by atoms with Gasteiger partial charge in [0.05, 0.1) is 30.0 Å². The molecule has 2 aliphatic heterocycles. The lowest BCUT2D eigenvalue weighted by Gasteiger charge is -2.45. The van der Waals surface area contributed by atoms with Gasteiger partial charge in [-0.05, 0) is 44.7 Å². The molecule has 1 saturated carbocycles. The molecular weight excluding hydrogens is 448 g/mol. The van der Waals surface area contributed by atoms with Crippen molar-refractivity contribution in [1.82, 2.24) is 19.7 Å². The number of amides is 2. The molecule has 4 heterocycles. The molecule has 2 fully saturated rings. The molecule has 0 bridgehead atoms. The summed E-state index contributed by atoms with van der Waals surface area (Å²) >= 11 is 1.76. The van der Waals surface area contributed by atoms with Gasteiger partial charge >= 0.3 is 0 Å². The van der Waals surface area contributed by atoms with Gasteiger partial charge < -0.3 is 19.5 Å². The predicted octanol–water partition coefficient (Wildman–Crippen LogP) is 3.65. The van der Waals surface area contributed by atoms with Gasteiger partial charge in [-0.3, -0.25) is 14.5 Å².